The normalized spacial score (nSPS) is 20.0. The first kappa shape index (κ1) is 13.8. The Hall–Kier alpha value is -1.59. The van der Waals surface area contributed by atoms with E-state index in [1.807, 2.05) is 31.2 Å². The van der Waals surface area contributed by atoms with Crippen LogP contribution in [0.3, 0.4) is 0 Å². The van der Waals surface area contributed by atoms with Crippen LogP contribution in [0, 0.1) is 5.92 Å². The van der Waals surface area contributed by atoms with Gasteiger partial charge >= 0.3 is 6.03 Å². The van der Waals surface area contributed by atoms with Gasteiger partial charge in [-0.2, -0.15) is 0 Å². The van der Waals surface area contributed by atoms with Crippen molar-refractivity contribution >= 4 is 11.7 Å². The molecule has 1 aromatic carbocycles. The van der Waals surface area contributed by atoms with E-state index in [2.05, 4.69) is 10.6 Å². The molecule has 4 N–H and O–H groups in total. The molecule has 0 saturated carbocycles. The number of hydrogen-bond acceptors (Lipinski definition) is 3. The summed E-state index contributed by atoms with van der Waals surface area (Å²) in [7, 11) is 0. The number of urea groups is 1. The summed E-state index contributed by atoms with van der Waals surface area (Å²) in [6, 6.07) is 7.45. The van der Waals surface area contributed by atoms with Crippen LogP contribution >= 0.6 is 0 Å². The number of carbonyl (C=O) groups excluding carboxylic acids is 1. The predicted octanol–water partition coefficient (Wildman–Crippen LogP) is 1.69. The Morgan fingerprint density at radius 3 is 2.79 bits per heavy atom. The number of hydrogen-bond donors (Lipinski definition) is 3. The molecule has 1 aliphatic heterocycles. The molecular formula is C14H21N3O2. The first-order valence-electron chi connectivity index (χ1n) is 6.63. The second-order valence-electron chi connectivity index (χ2n) is 4.91. The number of ether oxygens (including phenoxy) is 1. The molecule has 0 bridgehead atoms. The molecule has 1 heterocycles. The minimum absolute atomic E-state index is 0.116. The molecule has 1 aromatic rings. The van der Waals surface area contributed by atoms with E-state index in [0.717, 1.165) is 30.9 Å². The molecular weight excluding hydrogens is 242 g/mol. The van der Waals surface area contributed by atoms with Gasteiger partial charge in [0.25, 0.3) is 0 Å². The quantitative estimate of drug-likeness (QED) is 0.773. The monoisotopic (exact) mass is 263 g/mol. The SMILES string of the molecule is CC(NC(=O)Nc1ccc(CN)cc1)C1CCOC1. The molecule has 1 fully saturated rings. The molecule has 104 valence electrons. The van der Waals surface area contributed by atoms with Crippen molar-refractivity contribution in [1.29, 1.82) is 0 Å². The van der Waals surface area contributed by atoms with Gasteiger partial charge in [-0.15, -0.1) is 0 Å². The van der Waals surface area contributed by atoms with E-state index in [4.69, 9.17) is 10.5 Å². The van der Waals surface area contributed by atoms with Crippen LogP contribution in [-0.4, -0.2) is 25.3 Å². The van der Waals surface area contributed by atoms with Crippen molar-refractivity contribution in [3.63, 3.8) is 0 Å². The van der Waals surface area contributed by atoms with Crippen molar-refractivity contribution in [2.75, 3.05) is 18.5 Å². The van der Waals surface area contributed by atoms with E-state index in [1.54, 1.807) is 0 Å². The van der Waals surface area contributed by atoms with E-state index >= 15 is 0 Å². The highest BCUT2D eigenvalue weighted by Gasteiger charge is 2.23. The van der Waals surface area contributed by atoms with Crippen LogP contribution in [-0.2, 0) is 11.3 Å². The van der Waals surface area contributed by atoms with Crippen molar-refractivity contribution in [2.24, 2.45) is 11.7 Å². The third kappa shape index (κ3) is 3.94. The van der Waals surface area contributed by atoms with Crippen molar-refractivity contribution in [2.45, 2.75) is 25.9 Å². The third-order valence-electron chi connectivity index (χ3n) is 3.48. The van der Waals surface area contributed by atoms with E-state index in [0.29, 0.717) is 12.5 Å². The lowest BCUT2D eigenvalue weighted by molar-refractivity contribution is 0.178. The van der Waals surface area contributed by atoms with Gasteiger partial charge in [0.05, 0.1) is 6.61 Å². The summed E-state index contributed by atoms with van der Waals surface area (Å²) >= 11 is 0. The van der Waals surface area contributed by atoms with Crippen molar-refractivity contribution < 1.29 is 9.53 Å². The molecule has 5 heteroatoms. The number of nitrogens with two attached hydrogens (primary N) is 1. The lowest BCUT2D eigenvalue weighted by Crippen LogP contribution is -2.40. The minimum atomic E-state index is -0.181. The Bertz CT molecular complexity index is 413. The highest BCUT2D eigenvalue weighted by Crippen LogP contribution is 2.16. The third-order valence-corrected chi connectivity index (χ3v) is 3.48. The largest absolute Gasteiger partial charge is 0.381 e. The van der Waals surface area contributed by atoms with Gasteiger partial charge in [-0.3, -0.25) is 0 Å². The van der Waals surface area contributed by atoms with Gasteiger partial charge in [-0.1, -0.05) is 12.1 Å². The fraction of sp³-hybridized carbons (Fsp3) is 0.500. The van der Waals surface area contributed by atoms with Crippen LogP contribution in [0.15, 0.2) is 24.3 Å². The maximum absolute atomic E-state index is 11.8. The number of anilines is 1. The summed E-state index contributed by atoms with van der Waals surface area (Å²) < 4.78 is 5.32. The predicted molar refractivity (Wildman–Crippen MR) is 74.9 cm³/mol. The Kier molecular flexibility index (Phi) is 4.76. The molecule has 0 aromatic heterocycles. The van der Waals surface area contributed by atoms with Gasteiger partial charge in [0, 0.05) is 30.8 Å². The Morgan fingerprint density at radius 2 is 2.21 bits per heavy atom. The number of amides is 2. The van der Waals surface area contributed by atoms with Crippen molar-refractivity contribution in [3.8, 4) is 0 Å². The zero-order valence-electron chi connectivity index (χ0n) is 11.2. The summed E-state index contributed by atoms with van der Waals surface area (Å²) in [5.74, 6) is 0.408. The van der Waals surface area contributed by atoms with Crippen LogP contribution in [0.5, 0.6) is 0 Å². The zero-order chi connectivity index (χ0) is 13.7. The summed E-state index contributed by atoms with van der Waals surface area (Å²) in [6.07, 6.45) is 1.01. The number of rotatable bonds is 4. The fourth-order valence-electron chi connectivity index (χ4n) is 2.16. The van der Waals surface area contributed by atoms with E-state index in [9.17, 15) is 4.79 Å². The van der Waals surface area contributed by atoms with Crippen LogP contribution in [0.1, 0.15) is 18.9 Å². The van der Waals surface area contributed by atoms with Gasteiger partial charge in [-0.05, 0) is 31.0 Å². The fourth-order valence-corrected chi connectivity index (χ4v) is 2.16. The number of benzene rings is 1. The summed E-state index contributed by atoms with van der Waals surface area (Å²) in [4.78, 5) is 11.8. The lowest BCUT2D eigenvalue weighted by atomic mass is 10.0. The summed E-state index contributed by atoms with van der Waals surface area (Å²) in [5, 5.41) is 5.76. The molecule has 5 nitrogen and oxygen atoms in total. The van der Waals surface area contributed by atoms with Crippen LogP contribution < -0.4 is 16.4 Å². The Labute approximate surface area is 113 Å². The molecule has 19 heavy (non-hydrogen) atoms. The van der Waals surface area contributed by atoms with E-state index < -0.39 is 0 Å². The van der Waals surface area contributed by atoms with Crippen molar-refractivity contribution in [1.82, 2.24) is 5.32 Å². The molecule has 2 amide bonds. The lowest BCUT2D eigenvalue weighted by Gasteiger charge is -2.19. The zero-order valence-corrected chi connectivity index (χ0v) is 11.2. The Morgan fingerprint density at radius 1 is 1.47 bits per heavy atom. The Balaban J connectivity index is 1.82. The molecule has 0 spiro atoms. The molecule has 2 rings (SSSR count). The van der Waals surface area contributed by atoms with E-state index in [1.165, 1.54) is 0 Å². The highest BCUT2D eigenvalue weighted by molar-refractivity contribution is 5.89. The second-order valence-corrected chi connectivity index (χ2v) is 4.91. The molecule has 2 atom stereocenters. The van der Waals surface area contributed by atoms with Crippen LogP contribution in [0.2, 0.25) is 0 Å². The second kappa shape index (κ2) is 6.54. The topological polar surface area (TPSA) is 76.4 Å². The summed E-state index contributed by atoms with van der Waals surface area (Å²) in [6.45, 7) is 4.03. The smallest absolute Gasteiger partial charge is 0.319 e. The highest BCUT2D eigenvalue weighted by atomic mass is 16.5. The average molecular weight is 263 g/mol. The standard InChI is InChI=1S/C14H21N3O2/c1-10(12-6-7-19-9-12)16-14(18)17-13-4-2-11(8-15)3-5-13/h2-5,10,12H,6-9,15H2,1H3,(H2,16,17,18). The van der Waals surface area contributed by atoms with Gasteiger partial charge in [0.2, 0.25) is 0 Å². The van der Waals surface area contributed by atoms with Gasteiger partial charge in [-0.25, -0.2) is 4.79 Å². The first-order valence-corrected chi connectivity index (χ1v) is 6.63. The molecule has 2 unspecified atom stereocenters. The van der Waals surface area contributed by atoms with Crippen LogP contribution in [0.4, 0.5) is 10.5 Å². The van der Waals surface area contributed by atoms with Crippen molar-refractivity contribution in [3.05, 3.63) is 29.8 Å². The van der Waals surface area contributed by atoms with Gasteiger partial charge in [0.15, 0.2) is 0 Å². The van der Waals surface area contributed by atoms with Crippen LogP contribution in [0.25, 0.3) is 0 Å². The average Bonchev–Trinajstić information content (AvgIpc) is 2.93. The van der Waals surface area contributed by atoms with Gasteiger partial charge < -0.3 is 21.1 Å². The maximum Gasteiger partial charge on any atom is 0.319 e. The molecule has 0 aliphatic carbocycles. The molecule has 1 aliphatic rings. The van der Waals surface area contributed by atoms with Gasteiger partial charge in [0.1, 0.15) is 0 Å². The summed E-state index contributed by atoms with van der Waals surface area (Å²) in [5.41, 5.74) is 7.34. The van der Waals surface area contributed by atoms with E-state index in [-0.39, 0.29) is 12.1 Å². The number of nitrogens with one attached hydrogen (secondary N) is 2. The first-order chi connectivity index (χ1) is 9.19. The minimum Gasteiger partial charge on any atom is -0.381 e. The maximum atomic E-state index is 11.8. The molecule has 0 radical (unpaired) electrons. The molecule has 1 saturated heterocycles. The number of carbonyl (C=O) groups is 1.